The van der Waals surface area contributed by atoms with Crippen LogP contribution in [-0.2, 0) is 24.4 Å². The van der Waals surface area contributed by atoms with E-state index in [0.717, 1.165) is 6.92 Å². The summed E-state index contributed by atoms with van der Waals surface area (Å²) in [6.45, 7) is 2.88. The molecule has 1 unspecified atom stereocenters. The molecule has 0 aromatic heterocycles. The highest BCUT2D eigenvalue weighted by atomic mass is 32.2. The molecule has 43 heteroatoms. The molecule has 0 saturated heterocycles. The molecule has 0 radical (unpaired) electrons. The van der Waals surface area contributed by atoms with Gasteiger partial charge in [-0.15, -0.1) is 0 Å². The largest absolute Gasteiger partial charge is 0.477 e. The first-order valence-electron chi connectivity index (χ1n) is 14.9. The molecule has 0 aromatic rings. The molecule has 67 heavy (non-hydrogen) atoms. The van der Waals surface area contributed by atoms with Crippen molar-refractivity contribution in [1.29, 1.82) is 0 Å². The molecule has 0 saturated carbocycles. The maximum atomic E-state index is 13.0. The normalized spacial score (nSPS) is 16.1. The third-order valence-corrected chi connectivity index (χ3v) is 8.05. The van der Waals surface area contributed by atoms with Crippen LogP contribution in [-0.4, -0.2) is 136 Å². The highest BCUT2D eigenvalue weighted by Gasteiger charge is 2.96. The van der Waals surface area contributed by atoms with Gasteiger partial charge in [-0.05, 0) is 13.3 Å². The molecule has 0 aliphatic carbocycles. The quantitative estimate of drug-likeness (QED) is 0.0859. The summed E-state index contributed by atoms with van der Waals surface area (Å²) in [6.07, 6.45) is -20.7. The third kappa shape index (κ3) is 11.1. The summed E-state index contributed by atoms with van der Waals surface area (Å²) in [6, 6.07) is 0. The van der Waals surface area contributed by atoms with Crippen molar-refractivity contribution in [1.82, 2.24) is 0 Å². The van der Waals surface area contributed by atoms with Crippen LogP contribution in [0.1, 0.15) is 33.1 Å². The summed E-state index contributed by atoms with van der Waals surface area (Å²) in [5.74, 6) is -106. The molecule has 0 aliphatic heterocycles. The Hall–Kier alpha value is -3.57. The summed E-state index contributed by atoms with van der Waals surface area (Å²) >= 11 is 0. The van der Waals surface area contributed by atoms with Crippen LogP contribution < -0.4 is 0 Å². The molecule has 0 amide bonds. The van der Waals surface area contributed by atoms with Gasteiger partial charge in [0, 0.05) is 0 Å². The summed E-state index contributed by atoms with van der Waals surface area (Å²) in [7, 11) is -6.23. The van der Waals surface area contributed by atoms with Gasteiger partial charge in [0.25, 0.3) is 0 Å². The molecule has 0 bridgehead atoms. The van der Waals surface area contributed by atoms with Crippen molar-refractivity contribution in [2.45, 2.75) is 134 Å². The van der Waals surface area contributed by atoms with Gasteiger partial charge in [-0.1, -0.05) is 19.8 Å². The van der Waals surface area contributed by atoms with Crippen LogP contribution in [0.3, 0.4) is 0 Å². The molecule has 8 nitrogen and oxygen atoms in total. The lowest BCUT2D eigenvalue weighted by atomic mass is 9.89. The van der Waals surface area contributed by atoms with Crippen LogP contribution in [0.5, 0.6) is 0 Å². The first kappa shape index (κ1) is 67.7. The molecular formula is C24H16F34O8S. The van der Waals surface area contributed by atoms with E-state index in [9.17, 15) is 167 Å². The number of carboxylic acid groups (broad SMARTS) is 2. The van der Waals surface area contributed by atoms with Crippen molar-refractivity contribution < 1.29 is 187 Å². The van der Waals surface area contributed by atoms with E-state index in [1.54, 1.807) is 6.92 Å². The number of ether oxygens (including phenoxy) is 1. The molecule has 0 rings (SSSR count). The van der Waals surface area contributed by atoms with E-state index in [2.05, 4.69) is 4.74 Å². The molecule has 1 atom stereocenters. The van der Waals surface area contributed by atoms with Crippen molar-refractivity contribution in [3.05, 3.63) is 0 Å². The minimum absolute atomic E-state index is 0.0770. The highest BCUT2D eigenvalue weighted by molar-refractivity contribution is 7.87. The minimum atomic E-state index is -8.76. The van der Waals surface area contributed by atoms with E-state index in [4.69, 9.17) is 14.8 Å². The average Bonchev–Trinajstić information content (AvgIpc) is 3.08. The Labute approximate surface area is 343 Å². The second-order valence-electron chi connectivity index (χ2n) is 12.1. The number of carbonyl (C=O) groups is 2. The van der Waals surface area contributed by atoms with Gasteiger partial charge in [-0.3, -0.25) is 4.55 Å². The maximum absolute atomic E-state index is 13.0. The molecule has 0 aliphatic rings. The van der Waals surface area contributed by atoms with Crippen LogP contribution >= 0.6 is 0 Å². The first-order chi connectivity index (χ1) is 28.3. The van der Waals surface area contributed by atoms with Crippen LogP contribution in [0, 0.1) is 0 Å². The molecular weight excluding hydrogens is 1090 g/mol. The fraction of sp³-hybridized carbons (Fsp3) is 0.917. The van der Waals surface area contributed by atoms with Gasteiger partial charge < -0.3 is 14.9 Å². The van der Waals surface area contributed by atoms with E-state index in [1.807, 2.05) is 0 Å². The topological polar surface area (TPSA) is 138 Å². The van der Waals surface area contributed by atoms with Gasteiger partial charge in [-0.2, -0.15) is 158 Å². The van der Waals surface area contributed by atoms with Gasteiger partial charge in [0.1, 0.15) is 0 Å². The Morgan fingerprint density at radius 2 is 0.642 bits per heavy atom. The monoisotopic (exact) mass is 1110 g/mol. The Morgan fingerprint density at radius 1 is 0.433 bits per heavy atom. The van der Waals surface area contributed by atoms with Gasteiger partial charge in [-0.25, -0.2) is 9.59 Å². The summed E-state index contributed by atoms with van der Waals surface area (Å²) in [5.41, 5.74) is 0. The first-order valence-corrected chi connectivity index (χ1v) is 16.3. The van der Waals surface area contributed by atoms with E-state index in [1.165, 1.54) is 0 Å². The molecule has 0 fully saturated rings. The summed E-state index contributed by atoms with van der Waals surface area (Å²) in [4.78, 5) is 19.4. The van der Waals surface area contributed by atoms with Crippen LogP contribution in [0.4, 0.5) is 149 Å². The van der Waals surface area contributed by atoms with Crippen molar-refractivity contribution in [3.8, 4) is 0 Å². The van der Waals surface area contributed by atoms with Gasteiger partial charge in [0.15, 0.2) is 0 Å². The Balaban J connectivity index is -0.000000947. The van der Waals surface area contributed by atoms with Gasteiger partial charge in [0.05, 0.1) is 6.10 Å². The number of halogens is 34. The third-order valence-electron chi connectivity index (χ3n) is 7.17. The van der Waals surface area contributed by atoms with Crippen LogP contribution in [0.2, 0.25) is 0 Å². The van der Waals surface area contributed by atoms with Crippen molar-refractivity contribution >= 4 is 22.1 Å². The number of alkyl halides is 34. The highest BCUT2D eigenvalue weighted by Crippen LogP contribution is 2.64. The smallest absolute Gasteiger partial charge is 0.460 e. The predicted octanol–water partition coefficient (Wildman–Crippen LogP) is 11.5. The number of hydrogen-bond donors (Lipinski definition) is 3. The Bertz CT molecular complexity index is 1820. The number of aliphatic carboxylic acids is 2. The van der Waals surface area contributed by atoms with Crippen molar-refractivity contribution in [2.75, 3.05) is 0 Å². The summed E-state index contributed by atoms with van der Waals surface area (Å²) in [5, 5.41) is 9.48. The van der Waals surface area contributed by atoms with Crippen molar-refractivity contribution in [2.24, 2.45) is 0 Å². The maximum Gasteiger partial charge on any atom is 0.460 e. The lowest BCUT2D eigenvalue weighted by molar-refractivity contribution is -0.459. The van der Waals surface area contributed by atoms with E-state index in [-0.39, 0.29) is 6.42 Å². The minimum Gasteiger partial charge on any atom is -0.477 e. The fourth-order valence-corrected chi connectivity index (χ4v) is 3.57. The number of rotatable bonds is 19. The zero-order chi connectivity index (χ0) is 56.1. The summed E-state index contributed by atoms with van der Waals surface area (Å²) < 4.78 is 457. The standard InChI is InChI=1S/C9HF17O2.C8H14F4O4S.C7HF13O2/c10-2(11,1(27)28)3(12,13)4(14,15)5(16,17)6(18,19)7(20,21)8(22,23)9(24,25)26;1-3-4-5-6(2)16-7(9,10)8(11,12)17(13,14)15;8-2(9,1(21)22)3(10,11)4(12,13)5(14,15)6(16,17)7(18,19)20/h(H,27,28);6H,3-5H2,1-2H3,(H,13,14,15);(H,21,22). The lowest BCUT2D eigenvalue weighted by Crippen LogP contribution is -2.75. The van der Waals surface area contributed by atoms with Gasteiger partial charge >= 0.3 is 117 Å². The van der Waals surface area contributed by atoms with E-state index in [0.29, 0.717) is 12.8 Å². The van der Waals surface area contributed by atoms with Crippen LogP contribution in [0.15, 0.2) is 0 Å². The lowest BCUT2D eigenvalue weighted by Gasteiger charge is -2.42. The SMILES string of the molecule is CCCCC(C)OC(F)(F)C(F)(F)S(=O)(=O)O.O=C(O)C(F)(F)C(F)(F)C(F)(F)C(F)(F)C(F)(F)C(F)(F)C(F)(F)C(F)(F)F.O=C(O)C(F)(F)C(F)(F)C(F)(F)C(F)(F)C(F)(F)C(F)(F)F. The number of carboxylic acids is 2. The predicted molar refractivity (Wildman–Crippen MR) is 138 cm³/mol. The second kappa shape index (κ2) is 19.0. The zero-order valence-electron chi connectivity index (χ0n) is 30.3. The van der Waals surface area contributed by atoms with E-state index >= 15 is 0 Å². The van der Waals surface area contributed by atoms with Gasteiger partial charge in [0.2, 0.25) is 0 Å². The Kier molecular flexibility index (Phi) is 19.2. The molecule has 0 aromatic carbocycles. The fourth-order valence-electron chi connectivity index (χ4n) is 3.22. The Morgan fingerprint density at radius 3 is 0.821 bits per heavy atom. The molecule has 404 valence electrons. The van der Waals surface area contributed by atoms with Crippen LogP contribution in [0.25, 0.3) is 0 Å². The number of unbranched alkanes of at least 4 members (excludes halogenated alkanes) is 1. The molecule has 0 spiro atoms. The van der Waals surface area contributed by atoms with Crippen molar-refractivity contribution in [3.63, 3.8) is 0 Å². The van der Waals surface area contributed by atoms with E-state index < -0.39 is 123 Å². The second-order valence-corrected chi connectivity index (χ2v) is 13.5. The zero-order valence-corrected chi connectivity index (χ0v) is 31.2. The molecule has 0 heterocycles. The number of hydrogen-bond acceptors (Lipinski definition) is 5. The average molecular weight is 1110 g/mol. The molecule has 3 N–H and O–H groups in total.